The molecule has 0 bridgehead atoms. The molecule has 0 amide bonds. The lowest BCUT2D eigenvalue weighted by Gasteiger charge is -2.12. The van der Waals surface area contributed by atoms with E-state index in [1.165, 1.54) is 22.8 Å². The number of hydrogen-bond donors (Lipinski definition) is 0. The lowest BCUT2D eigenvalue weighted by molar-refractivity contribution is 0.660. The van der Waals surface area contributed by atoms with Crippen LogP contribution in [0.2, 0.25) is 0 Å². The summed E-state index contributed by atoms with van der Waals surface area (Å²) in [6.07, 6.45) is 1.29. The third kappa shape index (κ3) is 1.86. The van der Waals surface area contributed by atoms with Gasteiger partial charge >= 0.3 is 0 Å². The van der Waals surface area contributed by atoms with Crippen LogP contribution in [0.15, 0.2) is 42.5 Å². The van der Waals surface area contributed by atoms with Gasteiger partial charge in [0.25, 0.3) is 0 Å². The highest BCUT2D eigenvalue weighted by atomic mass is 79.9. The van der Waals surface area contributed by atoms with E-state index in [1.54, 1.807) is 0 Å². The Labute approximate surface area is 119 Å². The Bertz CT molecular complexity index is 538. The van der Waals surface area contributed by atoms with Gasteiger partial charge in [-0.25, -0.2) is 0 Å². The summed E-state index contributed by atoms with van der Waals surface area (Å²) in [6, 6.07) is 15.4. The molecule has 0 saturated heterocycles. The van der Waals surface area contributed by atoms with E-state index < -0.39 is 0 Å². The second kappa shape index (κ2) is 4.40. The molecule has 88 valence electrons. The first-order valence-corrected chi connectivity index (χ1v) is 8.15. The maximum absolute atomic E-state index is 3.67. The monoisotopic (exact) mass is 352 g/mol. The zero-order chi connectivity index (χ0) is 11.9. The SMILES string of the molecule is BrCC1(CBr)CC1c1cccc2ccccc12. The van der Waals surface area contributed by atoms with Crippen LogP contribution in [0, 0.1) is 5.41 Å². The summed E-state index contributed by atoms with van der Waals surface area (Å²) in [5.41, 5.74) is 1.95. The topological polar surface area (TPSA) is 0 Å². The summed E-state index contributed by atoms with van der Waals surface area (Å²) in [4.78, 5) is 0. The van der Waals surface area contributed by atoms with Crippen molar-refractivity contribution >= 4 is 42.6 Å². The van der Waals surface area contributed by atoms with Crippen molar-refractivity contribution < 1.29 is 0 Å². The lowest BCUT2D eigenvalue weighted by atomic mass is 9.97. The summed E-state index contributed by atoms with van der Waals surface area (Å²) in [7, 11) is 0. The molecule has 0 nitrogen and oxygen atoms in total. The minimum Gasteiger partial charge on any atom is -0.0921 e. The summed E-state index contributed by atoms with van der Waals surface area (Å²) < 4.78 is 0. The molecular weight excluding hydrogens is 340 g/mol. The summed E-state index contributed by atoms with van der Waals surface area (Å²) in [5, 5.41) is 4.94. The van der Waals surface area contributed by atoms with Crippen molar-refractivity contribution in [2.24, 2.45) is 5.41 Å². The van der Waals surface area contributed by atoms with Gasteiger partial charge in [-0.3, -0.25) is 0 Å². The van der Waals surface area contributed by atoms with Gasteiger partial charge in [-0.2, -0.15) is 0 Å². The third-order valence-electron chi connectivity index (χ3n) is 3.92. The molecule has 0 radical (unpaired) electrons. The Morgan fingerprint density at radius 2 is 1.71 bits per heavy atom. The molecule has 1 fully saturated rings. The smallest absolute Gasteiger partial charge is 0.0102 e. The van der Waals surface area contributed by atoms with E-state index >= 15 is 0 Å². The van der Waals surface area contributed by atoms with Crippen LogP contribution in [0.3, 0.4) is 0 Å². The molecule has 1 saturated carbocycles. The van der Waals surface area contributed by atoms with Crippen molar-refractivity contribution in [2.45, 2.75) is 12.3 Å². The van der Waals surface area contributed by atoms with Crippen LogP contribution in [-0.2, 0) is 0 Å². The van der Waals surface area contributed by atoms with E-state index in [0.29, 0.717) is 11.3 Å². The van der Waals surface area contributed by atoms with Gasteiger partial charge in [0.1, 0.15) is 0 Å². The number of benzene rings is 2. The molecule has 0 heterocycles. The average molecular weight is 354 g/mol. The largest absolute Gasteiger partial charge is 0.0921 e. The van der Waals surface area contributed by atoms with E-state index in [-0.39, 0.29) is 0 Å². The number of hydrogen-bond acceptors (Lipinski definition) is 0. The molecule has 2 aromatic rings. The van der Waals surface area contributed by atoms with Crippen molar-refractivity contribution in [1.82, 2.24) is 0 Å². The second-order valence-electron chi connectivity index (χ2n) is 4.95. The molecule has 2 heteroatoms. The molecule has 0 aromatic heterocycles. The number of fused-ring (bicyclic) bond motifs is 1. The lowest BCUT2D eigenvalue weighted by Crippen LogP contribution is -2.06. The molecule has 1 unspecified atom stereocenters. The molecule has 0 spiro atoms. The van der Waals surface area contributed by atoms with Crippen LogP contribution in [0.25, 0.3) is 10.8 Å². The van der Waals surface area contributed by atoms with Crippen molar-refractivity contribution in [3.8, 4) is 0 Å². The first kappa shape index (κ1) is 11.7. The Balaban J connectivity index is 2.08. The van der Waals surface area contributed by atoms with Crippen molar-refractivity contribution in [2.75, 3.05) is 10.7 Å². The summed E-state index contributed by atoms with van der Waals surface area (Å²) in [6.45, 7) is 0. The fraction of sp³-hybridized carbons (Fsp3) is 0.333. The Kier molecular flexibility index (Phi) is 3.04. The van der Waals surface area contributed by atoms with Crippen LogP contribution in [0.1, 0.15) is 17.9 Å². The van der Waals surface area contributed by atoms with E-state index in [9.17, 15) is 0 Å². The highest BCUT2D eigenvalue weighted by Crippen LogP contribution is 2.62. The zero-order valence-corrected chi connectivity index (χ0v) is 12.7. The van der Waals surface area contributed by atoms with E-state index in [0.717, 1.165) is 10.7 Å². The van der Waals surface area contributed by atoms with Gasteiger partial charge in [-0.1, -0.05) is 74.3 Å². The first-order chi connectivity index (χ1) is 8.30. The highest BCUT2D eigenvalue weighted by Gasteiger charge is 2.53. The van der Waals surface area contributed by atoms with Crippen LogP contribution >= 0.6 is 31.9 Å². The summed E-state index contributed by atoms with van der Waals surface area (Å²) >= 11 is 7.33. The molecule has 0 N–H and O–H groups in total. The van der Waals surface area contributed by atoms with Crippen LogP contribution in [0.4, 0.5) is 0 Å². The minimum absolute atomic E-state index is 0.435. The Morgan fingerprint density at radius 1 is 1.00 bits per heavy atom. The van der Waals surface area contributed by atoms with Crippen LogP contribution in [-0.4, -0.2) is 10.7 Å². The van der Waals surface area contributed by atoms with Crippen molar-refractivity contribution in [3.05, 3.63) is 48.0 Å². The predicted octanol–water partition coefficient (Wildman–Crippen LogP) is 5.10. The number of alkyl halides is 2. The molecular formula is C15H14Br2. The molecule has 0 aliphatic heterocycles. The number of halogens is 2. The van der Waals surface area contributed by atoms with Gasteiger partial charge in [-0.15, -0.1) is 0 Å². The minimum atomic E-state index is 0.435. The highest BCUT2D eigenvalue weighted by molar-refractivity contribution is 9.09. The van der Waals surface area contributed by atoms with Gasteiger partial charge in [0.2, 0.25) is 0 Å². The van der Waals surface area contributed by atoms with E-state index in [1.807, 2.05) is 0 Å². The fourth-order valence-electron chi connectivity index (χ4n) is 2.67. The molecule has 2 aromatic carbocycles. The van der Waals surface area contributed by atoms with Crippen LogP contribution in [0.5, 0.6) is 0 Å². The van der Waals surface area contributed by atoms with Gasteiger partial charge in [0.05, 0.1) is 0 Å². The maximum Gasteiger partial charge on any atom is 0.0102 e. The van der Waals surface area contributed by atoms with Gasteiger partial charge in [0.15, 0.2) is 0 Å². The van der Waals surface area contributed by atoms with E-state index in [4.69, 9.17) is 0 Å². The molecule has 3 rings (SSSR count). The first-order valence-electron chi connectivity index (χ1n) is 5.90. The normalized spacial score (nSPS) is 21.6. The third-order valence-corrected chi connectivity index (χ3v) is 6.15. The van der Waals surface area contributed by atoms with Crippen LogP contribution < -0.4 is 0 Å². The quantitative estimate of drug-likeness (QED) is 0.673. The Hall–Kier alpha value is -0.340. The fourth-order valence-corrected chi connectivity index (χ4v) is 4.84. The molecule has 1 aliphatic rings. The van der Waals surface area contributed by atoms with Gasteiger partial charge in [0, 0.05) is 10.7 Å². The Morgan fingerprint density at radius 3 is 2.41 bits per heavy atom. The van der Waals surface area contributed by atoms with Gasteiger partial charge in [-0.05, 0) is 34.1 Å². The maximum atomic E-state index is 3.67. The average Bonchev–Trinajstić information content (AvgIpc) is 3.13. The standard InChI is InChI=1S/C15H14Br2/c16-9-15(10-17)8-14(15)13-7-3-5-11-4-1-2-6-12(11)13/h1-7,14H,8-10H2. The predicted molar refractivity (Wildman–Crippen MR) is 81.3 cm³/mol. The second-order valence-corrected chi connectivity index (χ2v) is 6.08. The van der Waals surface area contributed by atoms with E-state index in [2.05, 4.69) is 74.3 Å². The molecule has 17 heavy (non-hydrogen) atoms. The van der Waals surface area contributed by atoms with Gasteiger partial charge < -0.3 is 0 Å². The molecule has 1 atom stereocenters. The van der Waals surface area contributed by atoms with Crippen molar-refractivity contribution in [3.63, 3.8) is 0 Å². The van der Waals surface area contributed by atoms with Crippen molar-refractivity contribution in [1.29, 1.82) is 0 Å². The zero-order valence-electron chi connectivity index (χ0n) is 9.50. The summed E-state index contributed by atoms with van der Waals surface area (Å²) in [5.74, 6) is 0.701. The number of rotatable bonds is 3. The molecule has 1 aliphatic carbocycles.